The Morgan fingerprint density at radius 1 is 0.974 bits per heavy atom. The first-order valence-corrected chi connectivity index (χ1v) is 12.0. The summed E-state index contributed by atoms with van der Waals surface area (Å²) in [5, 5.41) is 4.31. The second kappa shape index (κ2) is 10.2. The molecule has 1 saturated carbocycles. The minimum absolute atomic E-state index is 0.164. The van der Waals surface area contributed by atoms with Crippen molar-refractivity contribution in [1.29, 1.82) is 0 Å². The number of hydrogen-bond acceptors (Lipinski definition) is 10. The summed E-state index contributed by atoms with van der Waals surface area (Å²) in [6.07, 6.45) is 6.78. The highest BCUT2D eigenvalue weighted by Gasteiger charge is 2.32. The Kier molecular flexibility index (Phi) is 6.79. The van der Waals surface area contributed by atoms with E-state index in [-0.39, 0.29) is 18.2 Å². The lowest BCUT2D eigenvalue weighted by molar-refractivity contribution is 0.213. The van der Waals surface area contributed by atoms with Crippen LogP contribution in [0.1, 0.15) is 49.6 Å². The zero-order valence-corrected chi connectivity index (χ0v) is 21.8. The maximum atomic E-state index is 14.4. The number of methoxy groups -OCH3 is 3. The topological polar surface area (TPSA) is 119 Å². The number of halogens is 1. The van der Waals surface area contributed by atoms with E-state index in [1.54, 1.807) is 31.6 Å². The van der Waals surface area contributed by atoms with E-state index in [0.717, 1.165) is 24.1 Å². The van der Waals surface area contributed by atoms with Gasteiger partial charge in [0, 0.05) is 23.7 Å². The highest BCUT2D eigenvalue weighted by Crippen LogP contribution is 2.45. The van der Waals surface area contributed by atoms with Crippen molar-refractivity contribution in [3.63, 3.8) is 0 Å². The van der Waals surface area contributed by atoms with E-state index < -0.39 is 5.67 Å². The van der Waals surface area contributed by atoms with Gasteiger partial charge in [0.1, 0.15) is 29.9 Å². The molecular formula is C26H28FN7O4. The van der Waals surface area contributed by atoms with Crippen LogP contribution < -0.4 is 18.9 Å². The standard InChI is InChI=1S/C26H28FN7O4/c1-26(2,27)18-10-20(36-4)34(33-18)19-9-6-15(11-28-19)13-38-24-17(35-3)12-29-23(32-24)21-22(16-7-8-16)30-14-31-25(21)37-5/h6,9-12,14,16H,7-8,13H2,1-5H3. The Labute approximate surface area is 219 Å². The largest absolute Gasteiger partial charge is 0.490 e. The van der Waals surface area contributed by atoms with Crippen LogP contribution in [0, 0.1) is 0 Å². The van der Waals surface area contributed by atoms with Crippen LogP contribution in [0.15, 0.2) is 36.9 Å². The first kappa shape index (κ1) is 25.3. The van der Waals surface area contributed by atoms with Gasteiger partial charge in [0.05, 0.1) is 33.2 Å². The molecule has 5 rings (SSSR count). The Morgan fingerprint density at radius 3 is 2.42 bits per heavy atom. The van der Waals surface area contributed by atoms with Crippen LogP contribution >= 0.6 is 0 Å². The quantitative estimate of drug-likeness (QED) is 0.300. The molecule has 0 spiro atoms. The number of pyridine rings is 1. The van der Waals surface area contributed by atoms with Crippen LogP contribution in [0.3, 0.4) is 0 Å². The van der Waals surface area contributed by atoms with E-state index in [1.807, 2.05) is 6.07 Å². The van der Waals surface area contributed by atoms with Gasteiger partial charge in [0.25, 0.3) is 5.88 Å². The summed E-state index contributed by atoms with van der Waals surface area (Å²) in [5.74, 6) is 2.64. The normalized spacial score (nSPS) is 13.3. The van der Waals surface area contributed by atoms with Gasteiger partial charge in [-0.2, -0.15) is 14.8 Å². The van der Waals surface area contributed by atoms with Crippen LogP contribution in [0.2, 0.25) is 0 Å². The van der Waals surface area contributed by atoms with Crippen LogP contribution in [-0.2, 0) is 12.3 Å². The van der Waals surface area contributed by atoms with Gasteiger partial charge in [0.15, 0.2) is 17.4 Å². The molecule has 1 aliphatic carbocycles. The number of nitrogens with zero attached hydrogens (tertiary/aromatic N) is 7. The molecule has 11 nitrogen and oxygen atoms in total. The first-order valence-electron chi connectivity index (χ1n) is 12.0. The Morgan fingerprint density at radius 2 is 1.79 bits per heavy atom. The minimum Gasteiger partial charge on any atom is -0.490 e. The van der Waals surface area contributed by atoms with Gasteiger partial charge in [0.2, 0.25) is 11.8 Å². The van der Waals surface area contributed by atoms with Gasteiger partial charge in [-0.15, -0.1) is 0 Å². The lowest BCUT2D eigenvalue weighted by Gasteiger charge is -2.13. The molecule has 0 unspecified atom stereocenters. The van der Waals surface area contributed by atoms with Crippen LogP contribution in [-0.4, -0.2) is 56.0 Å². The zero-order valence-electron chi connectivity index (χ0n) is 21.8. The van der Waals surface area contributed by atoms with Gasteiger partial charge in [-0.3, -0.25) is 0 Å². The molecule has 4 heterocycles. The maximum Gasteiger partial charge on any atom is 0.261 e. The van der Waals surface area contributed by atoms with Crippen LogP contribution in [0.5, 0.6) is 23.4 Å². The molecule has 1 fully saturated rings. The predicted molar refractivity (Wildman–Crippen MR) is 135 cm³/mol. The van der Waals surface area contributed by atoms with E-state index in [1.165, 1.54) is 39.1 Å². The molecule has 0 saturated heterocycles. The summed E-state index contributed by atoms with van der Waals surface area (Å²) in [6, 6.07) is 5.14. The van der Waals surface area contributed by atoms with Crippen molar-refractivity contribution in [3.8, 4) is 40.6 Å². The number of rotatable bonds is 10. The Balaban J connectivity index is 1.38. The molecule has 1 aliphatic rings. The molecule has 0 atom stereocenters. The predicted octanol–water partition coefficient (Wildman–Crippen LogP) is 4.20. The third-order valence-corrected chi connectivity index (χ3v) is 6.06. The molecule has 0 aromatic carbocycles. The number of hydrogen-bond donors (Lipinski definition) is 0. The fraction of sp³-hybridized carbons (Fsp3) is 0.385. The summed E-state index contributed by atoms with van der Waals surface area (Å²) in [6.45, 7) is 3.04. The third kappa shape index (κ3) is 5.06. The fourth-order valence-corrected chi connectivity index (χ4v) is 3.88. The van der Waals surface area contributed by atoms with Gasteiger partial charge in [-0.25, -0.2) is 24.3 Å². The second-order valence-corrected chi connectivity index (χ2v) is 9.25. The van der Waals surface area contributed by atoms with Gasteiger partial charge >= 0.3 is 0 Å². The van der Waals surface area contributed by atoms with Crippen molar-refractivity contribution in [3.05, 3.63) is 53.9 Å². The molecular weight excluding hydrogens is 493 g/mol. The first-order chi connectivity index (χ1) is 18.3. The molecule has 198 valence electrons. The molecule has 12 heteroatoms. The van der Waals surface area contributed by atoms with Gasteiger partial charge in [-0.05, 0) is 32.8 Å². The lowest BCUT2D eigenvalue weighted by Crippen LogP contribution is -2.11. The van der Waals surface area contributed by atoms with E-state index in [9.17, 15) is 4.39 Å². The maximum absolute atomic E-state index is 14.4. The second-order valence-electron chi connectivity index (χ2n) is 9.25. The molecule has 0 radical (unpaired) electrons. The number of alkyl halides is 1. The molecule has 38 heavy (non-hydrogen) atoms. The SMILES string of the molecule is COc1cnc(-c2c(OC)ncnc2C2CC2)nc1OCc1ccc(-n2nc(C(C)(C)F)cc2OC)nc1. The smallest absolute Gasteiger partial charge is 0.261 e. The van der Waals surface area contributed by atoms with Crippen molar-refractivity contribution in [2.24, 2.45) is 0 Å². The number of aromatic nitrogens is 7. The third-order valence-electron chi connectivity index (χ3n) is 6.06. The van der Waals surface area contributed by atoms with E-state index in [2.05, 4.69) is 30.0 Å². The highest BCUT2D eigenvalue weighted by atomic mass is 19.1. The van der Waals surface area contributed by atoms with Gasteiger partial charge < -0.3 is 18.9 Å². The molecule has 0 amide bonds. The van der Waals surface area contributed by atoms with Crippen LogP contribution in [0.4, 0.5) is 4.39 Å². The number of ether oxygens (including phenoxy) is 4. The summed E-state index contributed by atoms with van der Waals surface area (Å²) < 4.78 is 38.1. The summed E-state index contributed by atoms with van der Waals surface area (Å²) >= 11 is 0. The van der Waals surface area contributed by atoms with E-state index >= 15 is 0 Å². The van der Waals surface area contributed by atoms with Crippen molar-refractivity contribution in [2.75, 3.05) is 21.3 Å². The molecule has 0 aliphatic heterocycles. The van der Waals surface area contributed by atoms with E-state index in [4.69, 9.17) is 18.9 Å². The van der Waals surface area contributed by atoms with Crippen molar-refractivity contribution < 1.29 is 23.3 Å². The molecule has 0 N–H and O–H groups in total. The Bertz CT molecular complexity index is 1430. The summed E-state index contributed by atoms with van der Waals surface area (Å²) in [7, 11) is 4.57. The zero-order chi connectivity index (χ0) is 26.9. The van der Waals surface area contributed by atoms with Crippen molar-refractivity contribution in [1.82, 2.24) is 34.7 Å². The molecule has 4 aromatic heterocycles. The van der Waals surface area contributed by atoms with Gasteiger partial charge in [-0.1, -0.05) is 6.07 Å². The highest BCUT2D eigenvalue weighted by molar-refractivity contribution is 5.66. The van der Waals surface area contributed by atoms with E-state index in [0.29, 0.717) is 40.6 Å². The Hall–Kier alpha value is -4.35. The summed E-state index contributed by atoms with van der Waals surface area (Å²) in [4.78, 5) is 22.2. The lowest BCUT2D eigenvalue weighted by atomic mass is 10.1. The monoisotopic (exact) mass is 521 g/mol. The fourth-order valence-electron chi connectivity index (χ4n) is 3.88. The van der Waals surface area contributed by atoms with Crippen LogP contribution in [0.25, 0.3) is 17.2 Å². The minimum atomic E-state index is -1.61. The summed E-state index contributed by atoms with van der Waals surface area (Å²) in [5.41, 5.74) is 0.922. The van der Waals surface area contributed by atoms with Crippen molar-refractivity contribution in [2.45, 2.75) is 44.9 Å². The molecule has 0 bridgehead atoms. The average molecular weight is 522 g/mol. The van der Waals surface area contributed by atoms with Crippen molar-refractivity contribution >= 4 is 0 Å². The molecule has 4 aromatic rings. The average Bonchev–Trinajstić information content (AvgIpc) is 3.68.